The summed E-state index contributed by atoms with van der Waals surface area (Å²) in [4.78, 5) is 2.46. The van der Waals surface area contributed by atoms with Gasteiger partial charge in [0.1, 0.15) is 0 Å². The first-order valence-corrected chi connectivity index (χ1v) is 13.9. The standard InChI is InChI=1S/C29H45N3S/c1-20(22-7-10-26-27(17-22)29(5,6)14-13-28(26,3)4)19-33-21(2)32-15-11-24(12-16-32)31-25-9-8-23(30)18-25/h7,10,17,19,23-25,31H,2,8-9,11-16,18,30H2,1,3-6H3/b20-19+/t23-,25?/m1/s1. The molecule has 2 atom stereocenters. The molecule has 1 unspecified atom stereocenters. The highest BCUT2D eigenvalue weighted by atomic mass is 32.2. The monoisotopic (exact) mass is 467 g/mol. The second-order valence-electron chi connectivity index (χ2n) is 12.0. The van der Waals surface area contributed by atoms with Gasteiger partial charge in [-0.15, -0.1) is 0 Å². The first-order valence-electron chi connectivity index (χ1n) is 13.0. The van der Waals surface area contributed by atoms with Crippen LogP contribution in [0.5, 0.6) is 0 Å². The quantitative estimate of drug-likeness (QED) is 0.499. The number of rotatable bonds is 6. The van der Waals surface area contributed by atoms with E-state index in [4.69, 9.17) is 5.73 Å². The van der Waals surface area contributed by atoms with Gasteiger partial charge in [-0.1, -0.05) is 64.2 Å². The minimum atomic E-state index is 0.250. The topological polar surface area (TPSA) is 41.3 Å². The van der Waals surface area contributed by atoms with Crippen LogP contribution >= 0.6 is 11.8 Å². The summed E-state index contributed by atoms with van der Waals surface area (Å²) in [5, 5.41) is 7.34. The summed E-state index contributed by atoms with van der Waals surface area (Å²) in [6.45, 7) is 18.4. The van der Waals surface area contributed by atoms with E-state index in [9.17, 15) is 0 Å². The molecule has 4 heteroatoms. The molecule has 3 N–H and O–H groups in total. The van der Waals surface area contributed by atoms with Crippen molar-refractivity contribution >= 4 is 17.3 Å². The van der Waals surface area contributed by atoms with E-state index >= 15 is 0 Å². The molecule has 1 aromatic rings. The fourth-order valence-corrected chi connectivity index (χ4v) is 6.71. The predicted molar refractivity (Wildman–Crippen MR) is 145 cm³/mol. The van der Waals surface area contributed by atoms with Crippen LogP contribution < -0.4 is 11.1 Å². The van der Waals surface area contributed by atoms with Gasteiger partial charge >= 0.3 is 0 Å². The van der Waals surface area contributed by atoms with Gasteiger partial charge in [-0.25, -0.2) is 0 Å². The summed E-state index contributed by atoms with van der Waals surface area (Å²) in [5.74, 6) is 0. The van der Waals surface area contributed by atoms with Crippen LogP contribution in [0.15, 0.2) is 35.2 Å². The van der Waals surface area contributed by atoms with Crippen LogP contribution in [0.3, 0.4) is 0 Å². The van der Waals surface area contributed by atoms with Crippen molar-refractivity contribution in [2.75, 3.05) is 13.1 Å². The molecule has 182 valence electrons. The molecule has 1 aliphatic heterocycles. The normalized spacial score (nSPS) is 27.5. The minimum Gasteiger partial charge on any atom is -0.366 e. The van der Waals surface area contributed by atoms with E-state index in [0.29, 0.717) is 18.1 Å². The molecule has 1 heterocycles. The van der Waals surface area contributed by atoms with E-state index in [1.807, 2.05) is 0 Å². The smallest absolute Gasteiger partial charge is 0.0676 e. The Kier molecular flexibility index (Phi) is 7.38. The van der Waals surface area contributed by atoms with E-state index in [2.05, 4.69) is 75.0 Å². The van der Waals surface area contributed by atoms with Gasteiger partial charge in [-0.05, 0) is 90.4 Å². The number of allylic oxidation sites excluding steroid dienone is 1. The summed E-state index contributed by atoms with van der Waals surface area (Å²) in [6.07, 6.45) is 8.47. The zero-order valence-corrected chi connectivity index (χ0v) is 22.4. The molecule has 0 amide bonds. The second kappa shape index (κ2) is 9.79. The lowest BCUT2D eigenvalue weighted by molar-refractivity contribution is 0.242. The molecule has 0 bridgehead atoms. The molecule has 1 saturated carbocycles. The summed E-state index contributed by atoms with van der Waals surface area (Å²) in [6, 6.07) is 8.83. The highest BCUT2D eigenvalue weighted by Crippen LogP contribution is 2.46. The van der Waals surface area contributed by atoms with Gasteiger partial charge in [0.15, 0.2) is 0 Å². The van der Waals surface area contributed by atoms with Crippen molar-refractivity contribution in [3.63, 3.8) is 0 Å². The highest BCUT2D eigenvalue weighted by Gasteiger charge is 2.37. The molecule has 2 fully saturated rings. The Hall–Kier alpha value is -1.23. The number of nitrogens with zero attached hydrogens (tertiary/aromatic N) is 1. The molecule has 4 rings (SSSR count). The third-order valence-electron chi connectivity index (χ3n) is 8.47. The average molecular weight is 468 g/mol. The molecule has 2 aliphatic carbocycles. The average Bonchev–Trinajstić information content (AvgIpc) is 3.20. The number of benzene rings is 1. The summed E-state index contributed by atoms with van der Waals surface area (Å²) >= 11 is 1.79. The van der Waals surface area contributed by atoms with Crippen molar-refractivity contribution < 1.29 is 0 Å². The summed E-state index contributed by atoms with van der Waals surface area (Å²) in [5.41, 5.74) is 12.3. The molecule has 3 aliphatic rings. The van der Waals surface area contributed by atoms with Crippen LogP contribution in [0.2, 0.25) is 0 Å². The molecular formula is C29H45N3S. The Morgan fingerprint density at radius 3 is 2.33 bits per heavy atom. The zero-order chi connectivity index (χ0) is 23.8. The van der Waals surface area contributed by atoms with Crippen molar-refractivity contribution in [3.8, 4) is 0 Å². The third-order valence-corrected chi connectivity index (χ3v) is 9.47. The van der Waals surface area contributed by atoms with Gasteiger partial charge < -0.3 is 16.0 Å². The van der Waals surface area contributed by atoms with Gasteiger partial charge in [0.25, 0.3) is 0 Å². The maximum absolute atomic E-state index is 6.08. The Morgan fingerprint density at radius 2 is 1.70 bits per heavy atom. The van der Waals surface area contributed by atoms with Gasteiger partial charge in [0, 0.05) is 31.2 Å². The Bertz CT molecular complexity index is 892. The van der Waals surface area contributed by atoms with E-state index in [0.717, 1.165) is 19.5 Å². The van der Waals surface area contributed by atoms with Gasteiger partial charge in [-0.3, -0.25) is 0 Å². The van der Waals surface area contributed by atoms with E-state index < -0.39 is 0 Å². The number of fused-ring (bicyclic) bond motifs is 1. The molecule has 1 saturated heterocycles. The fourth-order valence-electron chi connectivity index (χ4n) is 5.93. The minimum absolute atomic E-state index is 0.250. The lowest BCUT2D eigenvalue weighted by atomic mass is 9.63. The van der Waals surface area contributed by atoms with Crippen molar-refractivity contribution in [3.05, 3.63) is 51.9 Å². The van der Waals surface area contributed by atoms with E-state index in [1.165, 1.54) is 65.8 Å². The van der Waals surface area contributed by atoms with Crippen molar-refractivity contribution in [1.29, 1.82) is 0 Å². The molecule has 0 aromatic heterocycles. The number of likely N-dealkylation sites (tertiary alicyclic amines) is 1. The van der Waals surface area contributed by atoms with Crippen LogP contribution in [0.4, 0.5) is 0 Å². The Morgan fingerprint density at radius 1 is 1.03 bits per heavy atom. The molecule has 1 aromatic carbocycles. The van der Waals surface area contributed by atoms with E-state index in [1.54, 1.807) is 11.8 Å². The van der Waals surface area contributed by atoms with Crippen LogP contribution in [0.25, 0.3) is 5.57 Å². The predicted octanol–water partition coefficient (Wildman–Crippen LogP) is 6.53. The number of hydrogen-bond acceptors (Lipinski definition) is 4. The number of hydrogen-bond donors (Lipinski definition) is 2. The SMILES string of the molecule is C=C(S/C=C(\C)c1ccc2c(c1)C(C)(C)CCC2(C)C)N1CCC(NC2CC[C@@H](N)C2)CC1. The van der Waals surface area contributed by atoms with Gasteiger partial charge in [-0.2, -0.15) is 0 Å². The Labute approximate surface area is 206 Å². The first kappa shape index (κ1) is 24.9. The lowest BCUT2D eigenvalue weighted by Gasteiger charge is -2.42. The van der Waals surface area contributed by atoms with Crippen molar-refractivity contribution in [2.24, 2.45) is 5.73 Å². The van der Waals surface area contributed by atoms with Gasteiger partial charge in [0.05, 0.1) is 5.03 Å². The van der Waals surface area contributed by atoms with Crippen molar-refractivity contribution in [1.82, 2.24) is 10.2 Å². The molecule has 0 spiro atoms. The van der Waals surface area contributed by atoms with Crippen LogP contribution in [0.1, 0.15) is 96.3 Å². The number of nitrogens with two attached hydrogens (primary N) is 1. The molecule has 0 radical (unpaired) electrons. The lowest BCUT2D eigenvalue weighted by Crippen LogP contribution is -2.45. The van der Waals surface area contributed by atoms with E-state index in [-0.39, 0.29) is 10.8 Å². The third kappa shape index (κ3) is 5.71. The molecule has 3 nitrogen and oxygen atoms in total. The molecular weight excluding hydrogens is 422 g/mol. The Balaban J connectivity index is 1.33. The maximum atomic E-state index is 6.08. The fraction of sp³-hybridized carbons (Fsp3) is 0.655. The number of piperidine rings is 1. The first-order chi connectivity index (χ1) is 15.5. The summed E-state index contributed by atoms with van der Waals surface area (Å²) in [7, 11) is 0. The second-order valence-corrected chi connectivity index (χ2v) is 13.0. The number of nitrogens with one attached hydrogen (secondary N) is 1. The zero-order valence-electron chi connectivity index (χ0n) is 21.5. The van der Waals surface area contributed by atoms with Crippen LogP contribution in [-0.2, 0) is 10.8 Å². The van der Waals surface area contributed by atoms with Crippen LogP contribution in [-0.4, -0.2) is 36.1 Å². The maximum Gasteiger partial charge on any atom is 0.0676 e. The van der Waals surface area contributed by atoms with Gasteiger partial charge in [0.2, 0.25) is 0 Å². The summed E-state index contributed by atoms with van der Waals surface area (Å²) < 4.78 is 0. The molecule has 33 heavy (non-hydrogen) atoms. The highest BCUT2D eigenvalue weighted by molar-refractivity contribution is 8.05. The van der Waals surface area contributed by atoms with Crippen molar-refractivity contribution in [2.45, 2.75) is 109 Å². The number of thioether (sulfide) groups is 1. The van der Waals surface area contributed by atoms with Crippen LogP contribution in [0, 0.1) is 0 Å². The largest absolute Gasteiger partial charge is 0.366 e.